The Morgan fingerprint density at radius 2 is 2.00 bits per heavy atom. The number of rotatable bonds is 9. The number of allylic oxidation sites excluding steroid dienone is 1. The van der Waals surface area contributed by atoms with Crippen LogP contribution in [0, 0.1) is 11.3 Å². The largest absolute Gasteiger partial charge is 0.497 e. The van der Waals surface area contributed by atoms with E-state index in [9.17, 15) is 5.26 Å². The standard InChI is InChI=1S/C23H25N3O3/c1-4-26(5-2)11-12-28-20-8-6-7-17(14-20)13-18(16-24)23-21-15-19(27-3)9-10-22(21)29-25-23/h6-10,13-15H,4-5,11-12H2,1-3H3/b18-13+. The fourth-order valence-electron chi connectivity index (χ4n) is 3.09. The summed E-state index contributed by atoms with van der Waals surface area (Å²) in [6, 6.07) is 15.3. The summed E-state index contributed by atoms with van der Waals surface area (Å²) >= 11 is 0. The molecular weight excluding hydrogens is 366 g/mol. The van der Waals surface area contributed by atoms with E-state index < -0.39 is 0 Å². The summed E-state index contributed by atoms with van der Waals surface area (Å²) in [5.41, 5.74) is 2.38. The Morgan fingerprint density at radius 3 is 2.72 bits per heavy atom. The van der Waals surface area contributed by atoms with Crippen molar-refractivity contribution in [2.75, 3.05) is 33.4 Å². The zero-order valence-electron chi connectivity index (χ0n) is 17.0. The number of methoxy groups -OCH3 is 1. The summed E-state index contributed by atoms with van der Waals surface area (Å²) < 4.78 is 16.5. The van der Waals surface area contributed by atoms with Crippen molar-refractivity contribution in [3.05, 3.63) is 53.7 Å². The van der Waals surface area contributed by atoms with Crippen LogP contribution in [-0.2, 0) is 0 Å². The Kier molecular flexibility index (Phi) is 6.88. The minimum atomic E-state index is 0.414. The van der Waals surface area contributed by atoms with Crippen molar-refractivity contribution in [3.8, 4) is 17.6 Å². The molecule has 0 fully saturated rings. The van der Waals surface area contributed by atoms with E-state index in [1.807, 2.05) is 30.3 Å². The van der Waals surface area contributed by atoms with Gasteiger partial charge >= 0.3 is 0 Å². The molecule has 150 valence electrons. The number of aromatic nitrogens is 1. The van der Waals surface area contributed by atoms with Gasteiger partial charge < -0.3 is 18.9 Å². The first-order valence-corrected chi connectivity index (χ1v) is 9.69. The van der Waals surface area contributed by atoms with E-state index >= 15 is 0 Å². The maximum atomic E-state index is 9.70. The van der Waals surface area contributed by atoms with Crippen molar-refractivity contribution in [1.82, 2.24) is 10.1 Å². The molecular formula is C23H25N3O3. The van der Waals surface area contributed by atoms with Crippen molar-refractivity contribution in [2.24, 2.45) is 0 Å². The Balaban J connectivity index is 1.82. The van der Waals surface area contributed by atoms with Crippen molar-refractivity contribution in [3.63, 3.8) is 0 Å². The molecule has 2 aromatic carbocycles. The van der Waals surface area contributed by atoms with Gasteiger partial charge in [0, 0.05) is 6.54 Å². The number of likely N-dealkylation sites (N-methyl/N-ethyl adjacent to an activating group) is 1. The van der Waals surface area contributed by atoms with E-state index in [0.717, 1.165) is 36.3 Å². The molecule has 6 nitrogen and oxygen atoms in total. The van der Waals surface area contributed by atoms with E-state index in [4.69, 9.17) is 14.0 Å². The topological polar surface area (TPSA) is 71.5 Å². The lowest BCUT2D eigenvalue weighted by atomic mass is 10.1. The molecule has 0 N–H and O–H groups in total. The van der Waals surface area contributed by atoms with Crippen LogP contribution in [-0.4, -0.2) is 43.4 Å². The molecule has 3 rings (SSSR count). The predicted molar refractivity (Wildman–Crippen MR) is 114 cm³/mol. The first-order chi connectivity index (χ1) is 14.2. The summed E-state index contributed by atoms with van der Waals surface area (Å²) in [6.07, 6.45) is 1.79. The van der Waals surface area contributed by atoms with Crippen LogP contribution in [0.4, 0.5) is 0 Å². The number of hydrogen-bond acceptors (Lipinski definition) is 6. The highest BCUT2D eigenvalue weighted by Crippen LogP contribution is 2.29. The highest BCUT2D eigenvalue weighted by molar-refractivity contribution is 5.99. The van der Waals surface area contributed by atoms with Gasteiger partial charge in [-0.15, -0.1) is 0 Å². The molecule has 0 unspecified atom stereocenters. The van der Waals surface area contributed by atoms with Crippen molar-refractivity contribution in [1.29, 1.82) is 5.26 Å². The normalized spacial score (nSPS) is 11.6. The third-order valence-electron chi connectivity index (χ3n) is 4.79. The summed E-state index contributed by atoms with van der Waals surface area (Å²) in [5.74, 6) is 1.46. The van der Waals surface area contributed by atoms with Gasteiger partial charge in [0.05, 0.1) is 18.1 Å². The number of hydrogen-bond donors (Lipinski definition) is 0. The molecule has 6 heteroatoms. The first-order valence-electron chi connectivity index (χ1n) is 9.69. The number of nitrogens with zero attached hydrogens (tertiary/aromatic N) is 3. The molecule has 0 radical (unpaired) electrons. The molecule has 0 atom stereocenters. The third-order valence-corrected chi connectivity index (χ3v) is 4.79. The zero-order valence-corrected chi connectivity index (χ0v) is 17.0. The van der Waals surface area contributed by atoms with Gasteiger partial charge in [0.15, 0.2) is 5.58 Å². The van der Waals surface area contributed by atoms with Crippen LogP contribution in [0.15, 0.2) is 47.0 Å². The molecule has 1 aromatic heterocycles. The van der Waals surface area contributed by atoms with Gasteiger partial charge in [-0.1, -0.05) is 31.1 Å². The lowest BCUT2D eigenvalue weighted by molar-refractivity contribution is 0.223. The Labute approximate surface area is 170 Å². The van der Waals surface area contributed by atoms with Gasteiger partial charge in [0.25, 0.3) is 0 Å². The summed E-state index contributed by atoms with van der Waals surface area (Å²) in [7, 11) is 1.60. The minimum Gasteiger partial charge on any atom is -0.497 e. The molecule has 0 spiro atoms. The third kappa shape index (κ3) is 4.95. The molecule has 29 heavy (non-hydrogen) atoms. The van der Waals surface area contributed by atoms with Crippen molar-refractivity contribution < 1.29 is 14.0 Å². The second-order valence-electron chi connectivity index (χ2n) is 6.51. The molecule has 0 aliphatic rings. The lowest BCUT2D eigenvalue weighted by Crippen LogP contribution is -2.27. The molecule has 0 aliphatic carbocycles. The number of benzene rings is 2. The van der Waals surface area contributed by atoms with Crippen molar-refractivity contribution in [2.45, 2.75) is 13.8 Å². The van der Waals surface area contributed by atoms with Gasteiger partial charge in [-0.05, 0) is 55.1 Å². The average Bonchev–Trinajstić information content (AvgIpc) is 3.18. The van der Waals surface area contributed by atoms with Crippen LogP contribution in [0.2, 0.25) is 0 Å². The number of fused-ring (bicyclic) bond motifs is 1. The Morgan fingerprint density at radius 1 is 1.17 bits per heavy atom. The Bertz CT molecular complexity index is 1030. The Hall–Kier alpha value is -3.30. The summed E-state index contributed by atoms with van der Waals surface area (Å²) in [4.78, 5) is 2.31. The lowest BCUT2D eigenvalue weighted by Gasteiger charge is -2.18. The van der Waals surface area contributed by atoms with E-state index in [1.54, 1.807) is 25.3 Å². The van der Waals surface area contributed by atoms with Crippen LogP contribution in [0.1, 0.15) is 25.1 Å². The first kappa shape index (κ1) is 20.4. The summed E-state index contributed by atoms with van der Waals surface area (Å²) in [6.45, 7) is 7.79. The highest BCUT2D eigenvalue weighted by Gasteiger charge is 2.14. The fraction of sp³-hybridized carbons (Fsp3) is 0.304. The van der Waals surface area contributed by atoms with Gasteiger partial charge in [0.2, 0.25) is 0 Å². The molecule has 0 saturated heterocycles. The molecule has 0 bridgehead atoms. The van der Waals surface area contributed by atoms with Gasteiger partial charge in [-0.25, -0.2) is 0 Å². The molecule has 0 amide bonds. The van der Waals surface area contributed by atoms with E-state index in [-0.39, 0.29) is 0 Å². The molecule has 0 aliphatic heterocycles. The molecule has 0 saturated carbocycles. The summed E-state index contributed by atoms with van der Waals surface area (Å²) in [5, 5.41) is 14.5. The SMILES string of the molecule is CCN(CC)CCOc1cccc(/C=C(\C#N)c2noc3ccc(OC)cc23)c1. The maximum Gasteiger partial charge on any atom is 0.167 e. The quantitative estimate of drug-likeness (QED) is 0.496. The van der Waals surface area contributed by atoms with E-state index in [2.05, 4.69) is 30.0 Å². The maximum absolute atomic E-state index is 9.70. The van der Waals surface area contributed by atoms with Gasteiger partial charge in [0.1, 0.15) is 29.9 Å². The fourth-order valence-corrected chi connectivity index (χ4v) is 3.09. The highest BCUT2D eigenvalue weighted by atomic mass is 16.5. The molecule has 1 heterocycles. The average molecular weight is 391 g/mol. The van der Waals surface area contributed by atoms with Crippen LogP contribution < -0.4 is 9.47 Å². The van der Waals surface area contributed by atoms with Crippen LogP contribution in [0.5, 0.6) is 11.5 Å². The predicted octanol–water partition coefficient (Wildman–Crippen LogP) is 4.62. The molecule has 3 aromatic rings. The monoisotopic (exact) mass is 391 g/mol. The van der Waals surface area contributed by atoms with E-state index in [1.165, 1.54) is 0 Å². The zero-order chi connectivity index (χ0) is 20.6. The van der Waals surface area contributed by atoms with Gasteiger partial charge in [-0.3, -0.25) is 0 Å². The van der Waals surface area contributed by atoms with Crippen LogP contribution in [0.3, 0.4) is 0 Å². The number of ether oxygens (including phenoxy) is 2. The second kappa shape index (κ2) is 9.76. The minimum absolute atomic E-state index is 0.414. The van der Waals surface area contributed by atoms with Crippen LogP contribution >= 0.6 is 0 Å². The van der Waals surface area contributed by atoms with Crippen molar-refractivity contribution >= 4 is 22.6 Å². The van der Waals surface area contributed by atoms with Crippen LogP contribution in [0.25, 0.3) is 22.6 Å². The second-order valence-corrected chi connectivity index (χ2v) is 6.51. The smallest absolute Gasteiger partial charge is 0.167 e. The van der Waals surface area contributed by atoms with Gasteiger partial charge in [-0.2, -0.15) is 5.26 Å². The van der Waals surface area contributed by atoms with E-state index in [0.29, 0.717) is 29.2 Å². The number of nitriles is 1.